The SMILES string of the molecule is Cc1ccc2c(C(=O)Nc3ccccc3N3CCOCC3)c(C)[nH]c2c1. The number of ether oxygens (including phenoxy) is 1. The molecule has 2 heterocycles. The monoisotopic (exact) mass is 349 g/mol. The van der Waals surface area contributed by atoms with Gasteiger partial charge in [-0.1, -0.05) is 24.3 Å². The summed E-state index contributed by atoms with van der Waals surface area (Å²) >= 11 is 0. The number of amides is 1. The van der Waals surface area contributed by atoms with Crippen LogP contribution < -0.4 is 10.2 Å². The lowest BCUT2D eigenvalue weighted by Crippen LogP contribution is -2.36. The van der Waals surface area contributed by atoms with Gasteiger partial charge in [0.05, 0.1) is 30.2 Å². The molecule has 1 aliphatic rings. The molecule has 2 aromatic carbocycles. The Bertz CT molecular complexity index is 955. The number of rotatable bonds is 3. The van der Waals surface area contributed by atoms with E-state index < -0.39 is 0 Å². The maximum absolute atomic E-state index is 13.1. The lowest BCUT2D eigenvalue weighted by Gasteiger charge is -2.30. The Morgan fingerprint density at radius 3 is 2.69 bits per heavy atom. The van der Waals surface area contributed by atoms with Gasteiger partial charge in [-0.15, -0.1) is 0 Å². The molecule has 3 aromatic rings. The number of hydrogen-bond acceptors (Lipinski definition) is 3. The summed E-state index contributed by atoms with van der Waals surface area (Å²) in [4.78, 5) is 18.6. The first-order valence-electron chi connectivity index (χ1n) is 8.95. The summed E-state index contributed by atoms with van der Waals surface area (Å²) in [6, 6.07) is 14.1. The van der Waals surface area contributed by atoms with Crippen LogP contribution in [0.15, 0.2) is 42.5 Å². The van der Waals surface area contributed by atoms with Gasteiger partial charge in [-0.3, -0.25) is 4.79 Å². The highest BCUT2D eigenvalue weighted by Gasteiger charge is 2.19. The first kappa shape index (κ1) is 16.7. The minimum atomic E-state index is -0.0849. The van der Waals surface area contributed by atoms with Crippen molar-refractivity contribution in [3.8, 4) is 0 Å². The van der Waals surface area contributed by atoms with Crippen molar-refractivity contribution in [1.29, 1.82) is 0 Å². The molecular formula is C21H23N3O2. The molecule has 1 aliphatic heterocycles. The molecule has 0 atom stereocenters. The number of aryl methyl sites for hydroxylation is 2. The molecule has 0 unspecified atom stereocenters. The van der Waals surface area contributed by atoms with Gasteiger partial charge in [0.2, 0.25) is 0 Å². The molecule has 0 bridgehead atoms. The summed E-state index contributed by atoms with van der Waals surface area (Å²) in [7, 11) is 0. The molecule has 0 saturated carbocycles. The number of H-pyrrole nitrogens is 1. The molecule has 0 spiro atoms. The fourth-order valence-corrected chi connectivity index (χ4v) is 3.58. The number of carbonyl (C=O) groups is 1. The average molecular weight is 349 g/mol. The summed E-state index contributed by atoms with van der Waals surface area (Å²) in [5, 5.41) is 4.07. The van der Waals surface area contributed by atoms with Crippen LogP contribution in [0.2, 0.25) is 0 Å². The molecule has 1 fully saturated rings. The maximum Gasteiger partial charge on any atom is 0.258 e. The van der Waals surface area contributed by atoms with Gasteiger partial charge in [0.25, 0.3) is 5.91 Å². The average Bonchev–Trinajstić information content (AvgIpc) is 2.97. The van der Waals surface area contributed by atoms with E-state index in [0.29, 0.717) is 18.8 Å². The third kappa shape index (κ3) is 3.06. The van der Waals surface area contributed by atoms with Crippen molar-refractivity contribution in [3.63, 3.8) is 0 Å². The number of para-hydroxylation sites is 2. The minimum Gasteiger partial charge on any atom is -0.378 e. The molecule has 1 aromatic heterocycles. The minimum absolute atomic E-state index is 0.0849. The Labute approximate surface area is 153 Å². The number of carbonyl (C=O) groups excluding carboxylic acids is 1. The van der Waals surface area contributed by atoms with Crippen LogP contribution in [0.3, 0.4) is 0 Å². The Kier molecular flexibility index (Phi) is 4.39. The first-order valence-corrected chi connectivity index (χ1v) is 8.95. The van der Waals surface area contributed by atoms with Crippen molar-refractivity contribution in [2.45, 2.75) is 13.8 Å². The van der Waals surface area contributed by atoms with Crippen LogP contribution in [-0.2, 0) is 4.74 Å². The lowest BCUT2D eigenvalue weighted by atomic mass is 10.1. The molecule has 1 amide bonds. The predicted molar refractivity (Wildman–Crippen MR) is 105 cm³/mol. The largest absolute Gasteiger partial charge is 0.378 e. The Morgan fingerprint density at radius 2 is 1.88 bits per heavy atom. The van der Waals surface area contributed by atoms with Gasteiger partial charge < -0.3 is 19.9 Å². The van der Waals surface area contributed by atoms with E-state index in [-0.39, 0.29) is 5.91 Å². The van der Waals surface area contributed by atoms with Gasteiger partial charge in [-0.2, -0.15) is 0 Å². The summed E-state index contributed by atoms with van der Waals surface area (Å²) in [6.07, 6.45) is 0. The van der Waals surface area contributed by atoms with Crippen LogP contribution in [0.25, 0.3) is 10.9 Å². The zero-order chi connectivity index (χ0) is 18.1. The number of aromatic nitrogens is 1. The second-order valence-electron chi connectivity index (χ2n) is 6.74. The van der Waals surface area contributed by atoms with Gasteiger partial charge in [0, 0.05) is 29.7 Å². The van der Waals surface area contributed by atoms with E-state index in [9.17, 15) is 4.79 Å². The summed E-state index contributed by atoms with van der Waals surface area (Å²) in [5.74, 6) is -0.0849. The van der Waals surface area contributed by atoms with Crippen molar-refractivity contribution in [2.24, 2.45) is 0 Å². The lowest BCUT2D eigenvalue weighted by molar-refractivity contribution is 0.102. The second-order valence-corrected chi connectivity index (χ2v) is 6.74. The molecule has 26 heavy (non-hydrogen) atoms. The molecule has 2 N–H and O–H groups in total. The van der Waals surface area contributed by atoms with Gasteiger partial charge in [0.1, 0.15) is 0 Å². The fourth-order valence-electron chi connectivity index (χ4n) is 3.58. The smallest absolute Gasteiger partial charge is 0.258 e. The zero-order valence-corrected chi connectivity index (χ0v) is 15.1. The van der Waals surface area contributed by atoms with E-state index in [1.165, 1.54) is 5.56 Å². The van der Waals surface area contributed by atoms with Crippen LogP contribution in [0.1, 0.15) is 21.6 Å². The Hall–Kier alpha value is -2.79. The van der Waals surface area contributed by atoms with E-state index in [1.807, 2.05) is 50.2 Å². The molecule has 5 nitrogen and oxygen atoms in total. The highest BCUT2D eigenvalue weighted by Crippen LogP contribution is 2.29. The summed E-state index contributed by atoms with van der Waals surface area (Å²) in [6.45, 7) is 7.08. The summed E-state index contributed by atoms with van der Waals surface area (Å²) in [5.41, 5.74) is 5.62. The number of fused-ring (bicyclic) bond motifs is 1. The van der Waals surface area contributed by atoms with Crippen molar-refractivity contribution in [2.75, 3.05) is 36.5 Å². The number of aromatic amines is 1. The predicted octanol–water partition coefficient (Wildman–Crippen LogP) is 3.87. The van der Waals surface area contributed by atoms with Gasteiger partial charge in [-0.25, -0.2) is 0 Å². The van der Waals surface area contributed by atoms with E-state index in [4.69, 9.17) is 4.74 Å². The highest BCUT2D eigenvalue weighted by molar-refractivity contribution is 6.14. The summed E-state index contributed by atoms with van der Waals surface area (Å²) < 4.78 is 5.44. The van der Waals surface area contributed by atoms with Crippen LogP contribution in [0.4, 0.5) is 11.4 Å². The van der Waals surface area contributed by atoms with Crippen molar-refractivity contribution in [3.05, 3.63) is 59.3 Å². The fraction of sp³-hybridized carbons (Fsp3) is 0.286. The highest BCUT2D eigenvalue weighted by atomic mass is 16.5. The number of hydrogen-bond donors (Lipinski definition) is 2. The van der Waals surface area contributed by atoms with Crippen molar-refractivity contribution >= 4 is 28.2 Å². The normalized spacial score (nSPS) is 14.6. The number of nitrogens with one attached hydrogen (secondary N) is 2. The van der Waals surface area contributed by atoms with Crippen LogP contribution in [0.5, 0.6) is 0 Å². The van der Waals surface area contributed by atoms with E-state index >= 15 is 0 Å². The number of anilines is 2. The number of morpholine rings is 1. The standard InChI is InChI=1S/C21H23N3O2/c1-14-7-8-16-18(13-14)22-15(2)20(16)21(25)23-17-5-3-4-6-19(17)24-9-11-26-12-10-24/h3-8,13,22H,9-12H2,1-2H3,(H,23,25). The van der Waals surface area contributed by atoms with Crippen LogP contribution in [0, 0.1) is 13.8 Å². The second kappa shape index (κ2) is 6.84. The number of nitrogens with zero attached hydrogens (tertiary/aromatic N) is 1. The zero-order valence-electron chi connectivity index (χ0n) is 15.1. The van der Waals surface area contributed by atoms with Crippen LogP contribution >= 0.6 is 0 Å². The molecule has 5 heteroatoms. The maximum atomic E-state index is 13.1. The van der Waals surface area contributed by atoms with E-state index in [2.05, 4.69) is 21.3 Å². The van der Waals surface area contributed by atoms with Gasteiger partial charge >= 0.3 is 0 Å². The molecule has 134 valence electrons. The van der Waals surface area contributed by atoms with Crippen molar-refractivity contribution < 1.29 is 9.53 Å². The molecule has 0 aliphatic carbocycles. The van der Waals surface area contributed by atoms with E-state index in [1.54, 1.807) is 0 Å². The first-order chi connectivity index (χ1) is 12.6. The Morgan fingerprint density at radius 1 is 1.12 bits per heavy atom. The molecule has 1 saturated heterocycles. The van der Waals surface area contributed by atoms with Gasteiger partial charge in [-0.05, 0) is 37.6 Å². The molecule has 4 rings (SSSR count). The Balaban J connectivity index is 1.66. The number of benzene rings is 2. The molecule has 0 radical (unpaired) electrons. The van der Waals surface area contributed by atoms with Gasteiger partial charge in [0.15, 0.2) is 0 Å². The van der Waals surface area contributed by atoms with E-state index in [0.717, 1.165) is 41.1 Å². The topological polar surface area (TPSA) is 57.4 Å². The third-order valence-electron chi connectivity index (χ3n) is 4.87. The third-order valence-corrected chi connectivity index (χ3v) is 4.87. The van der Waals surface area contributed by atoms with Crippen LogP contribution in [-0.4, -0.2) is 37.2 Å². The van der Waals surface area contributed by atoms with Crippen molar-refractivity contribution in [1.82, 2.24) is 4.98 Å². The molecular weight excluding hydrogens is 326 g/mol. The quantitative estimate of drug-likeness (QED) is 0.755.